The van der Waals surface area contributed by atoms with E-state index in [0.29, 0.717) is 22.4 Å². The monoisotopic (exact) mass is 357 g/mol. The highest BCUT2D eigenvalue weighted by molar-refractivity contribution is 5.73. The minimum Gasteiger partial charge on any atom is -0.634 e. The lowest BCUT2D eigenvalue weighted by atomic mass is 9.53. The molecular weight excluding hydrogens is 335 g/mol. The molecule has 0 spiro atoms. The lowest BCUT2D eigenvalue weighted by Gasteiger charge is -2.58. The Balaban J connectivity index is 0.000000225. The second-order valence-corrected chi connectivity index (χ2v) is 7.25. The molecule has 4 nitrogen and oxygen atoms in total. The summed E-state index contributed by atoms with van der Waals surface area (Å²) in [7, 11) is 0. The van der Waals surface area contributed by atoms with Crippen LogP contribution in [0.3, 0.4) is 0 Å². The van der Waals surface area contributed by atoms with Crippen LogP contribution in [0.2, 0.25) is 0 Å². The van der Waals surface area contributed by atoms with Crippen LogP contribution < -0.4 is 5.06 Å². The number of carboxylic acid groups (broad SMARTS) is 1. The predicted molar refractivity (Wildman–Crippen MR) is 85.1 cm³/mol. The predicted octanol–water partition coefficient (Wildman–Crippen LogP) is 2.46. The number of hydroxylamine groups is 2. The van der Waals surface area contributed by atoms with Gasteiger partial charge >= 0.3 is 12.1 Å². The molecule has 138 valence electrons. The molecule has 1 saturated heterocycles. The fourth-order valence-corrected chi connectivity index (χ4v) is 5.07. The van der Waals surface area contributed by atoms with Crippen LogP contribution in [0.25, 0.3) is 0 Å². The van der Waals surface area contributed by atoms with Crippen molar-refractivity contribution in [1.29, 1.82) is 0 Å². The van der Waals surface area contributed by atoms with E-state index in [9.17, 15) is 18.4 Å². The van der Waals surface area contributed by atoms with Crippen molar-refractivity contribution in [2.45, 2.75) is 56.2 Å². The second kappa shape index (κ2) is 6.61. The molecule has 25 heavy (non-hydrogen) atoms. The Morgan fingerprint density at radius 3 is 2.60 bits per heavy atom. The third-order valence-electron chi connectivity index (χ3n) is 6.05. The molecule has 2 bridgehead atoms. The molecule has 7 heteroatoms. The van der Waals surface area contributed by atoms with Crippen molar-refractivity contribution >= 4 is 5.97 Å². The van der Waals surface area contributed by atoms with Gasteiger partial charge in [-0.2, -0.15) is 13.2 Å². The summed E-state index contributed by atoms with van der Waals surface area (Å²) in [5.74, 6) is -2.10. The van der Waals surface area contributed by atoms with Gasteiger partial charge in [0.1, 0.15) is 0 Å². The van der Waals surface area contributed by atoms with Crippen LogP contribution in [0.5, 0.6) is 0 Å². The molecule has 2 aliphatic carbocycles. The van der Waals surface area contributed by atoms with E-state index in [2.05, 4.69) is 24.3 Å². The van der Waals surface area contributed by atoms with Crippen molar-refractivity contribution in [2.75, 3.05) is 6.54 Å². The highest BCUT2D eigenvalue weighted by Gasteiger charge is 2.54. The van der Waals surface area contributed by atoms with Gasteiger partial charge in [-0.05, 0) is 24.0 Å². The van der Waals surface area contributed by atoms with E-state index in [1.54, 1.807) is 5.56 Å². The molecule has 0 amide bonds. The van der Waals surface area contributed by atoms with E-state index in [-0.39, 0.29) is 0 Å². The zero-order valence-corrected chi connectivity index (χ0v) is 13.8. The summed E-state index contributed by atoms with van der Waals surface area (Å²) in [6.07, 6.45) is 2.33. The van der Waals surface area contributed by atoms with Gasteiger partial charge in [0.2, 0.25) is 0 Å². The standard InChI is InChI=1S/C16H21NO.C2HF3O2/c18-17-10-9-16-8-4-3-7-14(16)15(17)11-12-5-1-2-6-13(12)16;3-2(4,5)1(6)7/h1-2,5-6,14-15,17H,3-4,7-11H2;(H,6,7)/t14-,15+,16-;/m0./s1. The van der Waals surface area contributed by atoms with Gasteiger partial charge < -0.3 is 15.4 Å². The summed E-state index contributed by atoms with van der Waals surface area (Å²) in [5.41, 5.74) is 3.43. The number of benzene rings is 1. The van der Waals surface area contributed by atoms with Gasteiger partial charge in [0.05, 0.1) is 12.6 Å². The average Bonchev–Trinajstić information content (AvgIpc) is 2.58. The number of rotatable bonds is 0. The Morgan fingerprint density at radius 1 is 1.24 bits per heavy atom. The van der Waals surface area contributed by atoms with Gasteiger partial charge in [0.25, 0.3) is 0 Å². The van der Waals surface area contributed by atoms with Gasteiger partial charge in [-0.15, -0.1) is 0 Å². The molecule has 1 heterocycles. The van der Waals surface area contributed by atoms with Gasteiger partial charge in [-0.3, -0.25) is 0 Å². The third kappa shape index (κ3) is 3.27. The number of aliphatic carboxylic acids is 1. The van der Waals surface area contributed by atoms with Crippen LogP contribution in [0.15, 0.2) is 24.3 Å². The number of fused-ring (bicyclic) bond motifs is 1. The lowest BCUT2D eigenvalue weighted by Crippen LogP contribution is -3.15. The van der Waals surface area contributed by atoms with Gasteiger partial charge in [0, 0.05) is 24.2 Å². The van der Waals surface area contributed by atoms with Gasteiger partial charge in [-0.25, -0.2) is 4.79 Å². The summed E-state index contributed by atoms with van der Waals surface area (Å²) in [4.78, 5) is 8.90. The number of hydrogen-bond acceptors (Lipinski definition) is 2. The summed E-state index contributed by atoms with van der Waals surface area (Å²) >= 11 is 0. The molecule has 0 aromatic heterocycles. The van der Waals surface area contributed by atoms with Crippen molar-refractivity contribution in [1.82, 2.24) is 0 Å². The molecular formula is C18H22F3NO3. The topological polar surface area (TPSA) is 64.8 Å². The summed E-state index contributed by atoms with van der Waals surface area (Å²) in [6.45, 7) is 0.829. The highest BCUT2D eigenvalue weighted by Crippen LogP contribution is 2.52. The Bertz CT molecular complexity index is 649. The van der Waals surface area contributed by atoms with E-state index in [1.807, 2.05) is 0 Å². The average molecular weight is 357 g/mol. The number of carbonyl (C=O) groups is 1. The maximum Gasteiger partial charge on any atom is 0.490 e. The summed E-state index contributed by atoms with van der Waals surface area (Å²) in [5, 5.41) is 19.9. The Labute approximate surface area is 144 Å². The van der Waals surface area contributed by atoms with Crippen LogP contribution >= 0.6 is 0 Å². The quantitative estimate of drug-likeness (QED) is 0.701. The van der Waals surface area contributed by atoms with Crippen molar-refractivity contribution in [2.24, 2.45) is 5.92 Å². The minimum atomic E-state index is -5.08. The molecule has 1 unspecified atom stereocenters. The maximum absolute atomic E-state index is 12.3. The number of quaternary nitrogens is 1. The van der Waals surface area contributed by atoms with E-state index in [4.69, 9.17) is 9.90 Å². The zero-order chi connectivity index (χ0) is 18.2. The first-order valence-corrected chi connectivity index (χ1v) is 8.67. The molecule has 1 aliphatic heterocycles. The molecule has 4 atom stereocenters. The third-order valence-corrected chi connectivity index (χ3v) is 6.05. The molecule has 2 N–H and O–H groups in total. The van der Waals surface area contributed by atoms with Crippen molar-refractivity contribution in [3.63, 3.8) is 0 Å². The molecule has 2 fully saturated rings. The normalized spacial score (nSPS) is 33.4. The number of hydrogen-bond donors (Lipinski definition) is 2. The van der Waals surface area contributed by atoms with Crippen LogP contribution in [0, 0.1) is 11.1 Å². The van der Waals surface area contributed by atoms with Gasteiger partial charge in [-0.1, -0.05) is 37.1 Å². The first kappa shape index (κ1) is 18.2. The number of halogens is 3. The zero-order valence-electron chi connectivity index (χ0n) is 13.8. The number of piperidine rings is 1. The van der Waals surface area contributed by atoms with Gasteiger partial charge in [0.15, 0.2) is 0 Å². The Kier molecular flexibility index (Phi) is 4.81. The molecule has 1 saturated carbocycles. The summed E-state index contributed by atoms with van der Waals surface area (Å²) in [6, 6.07) is 9.27. The molecule has 3 aliphatic rings. The second-order valence-electron chi connectivity index (χ2n) is 7.25. The van der Waals surface area contributed by atoms with Crippen molar-refractivity contribution in [3.05, 3.63) is 40.6 Å². The van der Waals surface area contributed by atoms with Crippen LogP contribution in [-0.4, -0.2) is 29.8 Å². The number of nitrogens with one attached hydrogen (secondary N) is 1. The van der Waals surface area contributed by atoms with E-state index < -0.39 is 12.1 Å². The van der Waals surface area contributed by atoms with Crippen LogP contribution in [0.1, 0.15) is 43.2 Å². The van der Waals surface area contributed by atoms with E-state index in [1.165, 1.54) is 31.2 Å². The van der Waals surface area contributed by atoms with E-state index >= 15 is 0 Å². The Morgan fingerprint density at radius 2 is 1.92 bits per heavy atom. The molecule has 4 rings (SSSR count). The first-order valence-electron chi connectivity index (χ1n) is 8.67. The van der Waals surface area contributed by atoms with Crippen LogP contribution in [-0.2, 0) is 16.6 Å². The summed E-state index contributed by atoms with van der Waals surface area (Å²) < 4.78 is 31.7. The van der Waals surface area contributed by atoms with Crippen LogP contribution in [0.4, 0.5) is 13.2 Å². The fourth-order valence-electron chi connectivity index (χ4n) is 5.07. The SMILES string of the molecule is O=C(O)C(F)(F)F.[O-][NH+]1CC[C@]23CCCC[C@H]2[C@H]1Cc1ccccc13. The first-order chi connectivity index (χ1) is 11.8. The minimum absolute atomic E-state index is 0.342. The largest absolute Gasteiger partial charge is 0.634 e. The molecule has 0 radical (unpaired) electrons. The number of alkyl halides is 3. The van der Waals surface area contributed by atoms with Crippen molar-refractivity contribution < 1.29 is 28.1 Å². The smallest absolute Gasteiger partial charge is 0.490 e. The molecule has 1 aromatic rings. The lowest BCUT2D eigenvalue weighted by molar-refractivity contribution is -0.889. The van der Waals surface area contributed by atoms with E-state index in [0.717, 1.165) is 19.4 Å². The van der Waals surface area contributed by atoms with Crippen molar-refractivity contribution in [3.8, 4) is 0 Å². The fraction of sp³-hybridized carbons (Fsp3) is 0.611. The maximum atomic E-state index is 12.3. The number of carboxylic acids is 1. The Hall–Kier alpha value is -1.60. The molecule has 1 aromatic carbocycles. The highest BCUT2D eigenvalue weighted by atomic mass is 19.4.